The number of hydrogen-bond acceptors (Lipinski definition) is 4. The lowest BCUT2D eigenvalue weighted by Crippen LogP contribution is -2.35. The highest BCUT2D eigenvalue weighted by Gasteiger charge is 2.11. The molecule has 0 spiro atoms. The molecule has 2 aromatic heterocycles. The van der Waals surface area contributed by atoms with E-state index in [9.17, 15) is 0 Å². The summed E-state index contributed by atoms with van der Waals surface area (Å²) in [7, 11) is 0. The average molecular weight is 284 g/mol. The quantitative estimate of drug-likeness (QED) is 0.800. The third-order valence-electron chi connectivity index (χ3n) is 3.26. The van der Waals surface area contributed by atoms with Crippen molar-refractivity contribution in [2.45, 2.75) is 39.4 Å². The lowest BCUT2D eigenvalue weighted by Gasteiger charge is -2.19. The minimum Gasteiger partial charge on any atom is -0.359 e. The van der Waals surface area contributed by atoms with E-state index >= 15 is 0 Å². The van der Waals surface area contributed by atoms with Gasteiger partial charge in [-0.25, -0.2) is 4.98 Å². The van der Waals surface area contributed by atoms with Crippen LogP contribution >= 0.6 is 0 Å². The number of benzene rings is 1. The van der Waals surface area contributed by atoms with E-state index < -0.39 is 0 Å². The van der Waals surface area contributed by atoms with Gasteiger partial charge < -0.3 is 14.4 Å². The molecule has 5 nitrogen and oxygen atoms in total. The molecule has 0 unspecified atom stereocenters. The zero-order valence-corrected chi connectivity index (χ0v) is 12.6. The van der Waals surface area contributed by atoms with Crippen molar-refractivity contribution in [3.63, 3.8) is 0 Å². The lowest BCUT2D eigenvalue weighted by atomic mass is 10.1. The summed E-state index contributed by atoms with van der Waals surface area (Å²) in [6.07, 6.45) is 1.83. The van der Waals surface area contributed by atoms with Crippen molar-refractivity contribution >= 4 is 11.0 Å². The fraction of sp³-hybridized carbons (Fsp3) is 0.375. The van der Waals surface area contributed by atoms with Gasteiger partial charge in [-0.15, -0.1) is 0 Å². The summed E-state index contributed by atoms with van der Waals surface area (Å²) in [5.74, 6) is 0.837. The Balaban J connectivity index is 1.72. The Labute approximate surface area is 124 Å². The molecule has 5 heteroatoms. The summed E-state index contributed by atoms with van der Waals surface area (Å²) in [6, 6.07) is 10.1. The third kappa shape index (κ3) is 3.31. The van der Waals surface area contributed by atoms with E-state index in [4.69, 9.17) is 4.52 Å². The van der Waals surface area contributed by atoms with Crippen LogP contribution in [0.1, 0.15) is 32.2 Å². The molecule has 110 valence electrons. The van der Waals surface area contributed by atoms with Gasteiger partial charge in [0.15, 0.2) is 5.76 Å². The van der Waals surface area contributed by atoms with Crippen molar-refractivity contribution in [2.75, 3.05) is 0 Å². The number of imidazole rings is 1. The van der Waals surface area contributed by atoms with Crippen molar-refractivity contribution in [3.8, 4) is 0 Å². The van der Waals surface area contributed by atoms with Crippen LogP contribution in [0.2, 0.25) is 0 Å². The highest BCUT2D eigenvalue weighted by Crippen LogP contribution is 2.14. The summed E-state index contributed by atoms with van der Waals surface area (Å²) in [5.41, 5.74) is 3.08. The van der Waals surface area contributed by atoms with Crippen LogP contribution in [0.3, 0.4) is 0 Å². The summed E-state index contributed by atoms with van der Waals surface area (Å²) < 4.78 is 7.48. The van der Waals surface area contributed by atoms with Crippen molar-refractivity contribution < 1.29 is 4.52 Å². The Morgan fingerprint density at radius 2 is 2.05 bits per heavy atom. The average Bonchev–Trinajstić information content (AvgIpc) is 3.04. The van der Waals surface area contributed by atoms with E-state index in [1.54, 1.807) is 0 Å². The Kier molecular flexibility index (Phi) is 3.51. The van der Waals surface area contributed by atoms with E-state index in [0.29, 0.717) is 13.1 Å². The molecule has 3 rings (SSSR count). The molecule has 0 saturated carbocycles. The first-order valence-electron chi connectivity index (χ1n) is 7.11. The molecule has 0 aliphatic rings. The van der Waals surface area contributed by atoms with Crippen LogP contribution in [0, 0.1) is 0 Å². The number of nitrogens with one attached hydrogen (secondary N) is 1. The summed E-state index contributed by atoms with van der Waals surface area (Å²) in [4.78, 5) is 4.38. The first-order chi connectivity index (χ1) is 10.0. The molecule has 0 saturated heterocycles. The molecular weight excluding hydrogens is 264 g/mol. The molecule has 0 radical (unpaired) electrons. The molecule has 21 heavy (non-hydrogen) atoms. The van der Waals surface area contributed by atoms with E-state index in [1.807, 2.05) is 30.6 Å². The molecule has 0 fully saturated rings. The third-order valence-corrected chi connectivity index (χ3v) is 3.26. The van der Waals surface area contributed by atoms with Gasteiger partial charge in [0.05, 0.1) is 29.6 Å². The van der Waals surface area contributed by atoms with Gasteiger partial charge >= 0.3 is 0 Å². The second kappa shape index (κ2) is 5.33. The molecule has 0 bridgehead atoms. The number of hydrogen-bond donors (Lipinski definition) is 1. The monoisotopic (exact) mass is 284 g/mol. The van der Waals surface area contributed by atoms with Crippen molar-refractivity contribution in [3.05, 3.63) is 48.1 Å². The van der Waals surface area contributed by atoms with Crippen LogP contribution in [-0.2, 0) is 13.1 Å². The van der Waals surface area contributed by atoms with E-state index in [2.05, 4.69) is 46.9 Å². The molecule has 0 atom stereocenters. The van der Waals surface area contributed by atoms with Crippen molar-refractivity contribution in [1.82, 2.24) is 20.0 Å². The SMILES string of the molecule is CC(C)(C)NCc1cc(Cn2cnc3ccccc32)on1. The molecule has 3 aromatic rings. The fourth-order valence-electron chi connectivity index (χ4n) is 2.17. The molecule has 2 heterocycles. The molecular formula is C16H20N4O. The van der Waals surface area contributed by atoms with Crippen LogP contribution in [0.15, 0.2) is 41.2 Å². The van der Waals surface area contributed by atoms with Crippen LogP contribution in [0.25, 0.3) is 11.0 Å². The van der Waals surface area contributed by atoms with Crippen LogP contribution in [0.4, 0.5) is 0 Å². The first kappa shape index (κ1) is 13.8. The highest BCUT2D eigenvalue weighted by atomic mass is 16.5. The van der Waals surface area contributed by atoms with Gasteiger partial charge in [0.25, 0.3) is 0 Å². The maximum absolute atomic E-state index is 5.41. The maximum Gasteiger partial charge on any atom is 0.156 e. The number of nitrogens with zero attached hydrogens (tertiary/aromatic N) is 3. The van der Waals surface area contributed by atoms with Crippen LogP contribution in [0.5, 0.6) is 0 Å². The highest BCUT2D eigenvalue weighted by molar-refractivity contribution is 5.74. The van der Waals surface area contributed by atoms with Gasteiger partial charge in [0.1, 0.15) is 0 Å². The minimum absolute atomic E-state index is 0.0691. The van der Waals surface area contributed by atoms with E-state index in [-0.39, 0.29) is 5.54 Å². The van der Waals surface area contributed by atoms with Gasteiger partial charge in [-0.3, -0.25) is 0 Å². The van der Waals surface area contributed by atoms with Crippen LogP contribution < -0.4 is 5.32 Å². The zero-order valence-electron chi connectivity index (χ0n) is 12.6. The summed E-state index contributed by atoms with van der Waals surface area (Å²) in [5, 5.41) is 7.51. The Hall–Kier alpha value is -2.14. The van der Waals surface area contributed by atoms with Gasteiger partial charge in [-0.05, 0) is 32.9 Å². The van der Waals surface area contributed by atoms with Gasteiger partial charge in [0, 0.05) is 18.2 Å². The molecule has 0 aliphatic heterocycles. The van der Waals surface area contributed by atoms with Gasteiger partial charge in [0.2, 0.25) is 0 Å². The number of fused-ring (bicyclic) bond motifs is 1. The molecule has 0 aliphatic carbocycles. The van der Waals surface area contributed by atoms with Gasteiger partial charge in [-0.2, -0.15) is 0 Å². The number of rotatable bonds is 4. The zero-order chi connectivity index (χ0) is 14.9. The predicted molar refractivity (Wildman–Crippen MR) is 81.9 cm³/mol. The Morgan fingerprint density at radius 3 is 2.86 bits per heavy atom. The lowest BCUT2D eigenvalue weighted by molar-refractivity contribution is 0.361. The van der Waals surface area contributed by atoms with E-state index in [1.165, 1.54) is 0 Å². The maximum atomic E-state index is 5.41. The number of aromatic nitrogens is 3. The van der Waals surface area contributed by atoms with Crippen molar-refractivity contribution in [2.24, 2.45) is 0 Å². The van der Waals surface area contributed by atoms with Gasteiger partial charge in [-0.1, -0.05) is 17.3 Å². The summed E-state index contributed by atoms with van der Waals surface area (Å²) in [6.45, 7) is 7.74. The second-order valence-electron chi connectivity index (χ2n) is 6.25. The molecule has 0 amide bonds. The Bertz CT molecular complexity index is 736. The predicted octanol–water partition coefficient (Wildman–Crippen LogP) is 2.96. The van der Waals surface area contributed by atoms with Crippen LogP contribution in [-0.4, -0.2) is 20.2 Å². The topological polar surface area (TPSA) is 55.9 Å². The largest absolute Gasteiger partial charge is 0.359 e. The van der Waals surface area contributed by atoms with Crippen molar-refractivity contribution in [1.29, 1.82) is 0 Å². The summed E-state index contributed by atoms with van der Waals surface area (Å²) >= 11 is 0. The first-order valence-corrected chi connectivity index (χ1v) is 7.11. The molecule has 1 N–H and O–H groups in total. The number of para-hydroxylation sites is 2. The standard InChI is InChI=1S/C16H20N4O/c1-16(2,3)18-9-12-8-13(21-19-12)10-20-11-17-14-6-4-5-7-15(14)20/h4-8,11,18H,9-10H2,1-3H3. The fourth-order valence-corrected chi connectivity index (χ4v) is 2.17. The Morgan fingerprint density at radius 1 is 1.24 bits per heavy atom. The molecule has 1 aromatic carbocycles. The normalized spacial score (nSPS) is 12.1. The van der Waals surface area contributed by atoms with E-state index in [0.717, 1.165) is 22.5 Å². The second-order valence-corrected chi connectivity index (χ2v) is 6.25. The minimum atomic E-state index is 0.0691. The smallest absolute Gasteiger partial charge is 0.156 e.